The van der Waals surface area contributed by atoms with Gasteiger partial charge in [-0.3, -0.25) is 0 Å². The van der Waals surface area contributed by atoms with Crippen molar-refractivity contribution in [2.24, 2.45) is 0 Å². The Labute approximate surface area is 114 Å². The van der Waals surface area contributed by atoms with Crippen LogP contribution < -0.4 is 10.5 Å². The lowest BCUT2D eigenvalue weighted by atomic mass is 10.2. The molecule has 0 aromatic heterocycles. The molecule has 0 radical (unpaired) electrons. The highest BCUT2D eigenvalue weighted by molar-refractivity contribution is 7.88. The second-order valence-electron chi connectivity index (χ2n) is 4.04. The summed E-state index contributed by atoms with van der Waals surface area (Å²) in [5, 5.41) is 0. The van der Waals surface area contributed by atoms with Crippen LogP contribution in [0.3, 0.4) is 0 Å². The van der Waals surface area contributed by atoms with E-state index in [1.807, 2.05) is 0 Å². The van der Waals surface area contributed by atoms with Crippen LogP contribution in [0.4, 0.5) is 5.69 Å². The van der Waals surface area contributed by atoms with Crippen LogP contribution in [0.25, 0.3) is 0 Å². The zero-order chi connectivity index (χ0) is 14.1. The van der Waals surface area contributed by atoms with E-state index in [1.165, 1.54) is 0 Å². The van der Waals surface area contributed by atoms with Crippen molar-refractivity contribution in [2.45, 2.75) is 12.2 Å². The Morgan fingerprint density at radius 3 is 2.74 bits per heavy atom. The highest BCUT2D eigenvalue weighted by Gasteiger charge is 2.12. The van der Waals surface area contributed by atoms with Gasteiger partial charge < -0.3 is 10.5 Å². The molecule has 5 nitrogen and oxygen atoms in total. The zero-order valence-electron chi connectivity index (χ0n) is 10.8. The second-order valence-corrected chi connectivity index (χ2v) is 5.85. The maximum absolute atomic E-state index is 11.8. The molecule has 1 aromatic rings. The lowest BCUT2D eigenvalue weighted by molar-refractivity contribution is 0.144. The number of hydrogen-bond donors (Lipinski definition) is 2. The van der Waals surface area contributed by atoms with E-state index in [1.54, 1.807) is 30.3 Å². The SMILES string of the molecule is C=CCCOCCNS(=O)(=O)Cc1ccccc1N. The molecule has 0 atom stereocenters. The molecule has 0 aliphatic rings. The molecule has 0 heterocycles. The largest absolute Gasteiger partial charge is 0.398 e. The molecule has 0 bridgehead atoms. The van der Waals surface area contributed by atoms with Gasteiger partial charge in [0.05, 0.1) is 19.0 Å². The van der Waals surface area contributed by atoms with Crippen molar-refractivity contribution >= 4 is 15.7 Å². The van der Waals surface area contributed by atoms with Gasteiger partial charge >= 0.3 is 0 Å². The lowest BCUT2D eigenvalue weighted by Crippen LogP contribution is -2.29. The third-order valence-electron chi connectivity index (χ3n) is 2.44. The molecular weight excluding hydrogens is 264 g/mol. The fraction of sp³-hybridized carbons (Fsp3) is 0.385. The number of ether oxygens (including phenoxy) is 1. The fourth-order valence-electron chi connectivity index (χ4n) is 1.46. The lowest BCUT2D eigenvalue weighted by Gasteiger charge is -2.08. The average molecular weight is 284 g/mol. The van der Waals surface area contributed by atoms with Crippen molar-refractivity contribution in [1.29, 1.82) is 0 Å². The Bertz CT molecular complexity index is 500. The highest BCUT2D eigenvalue weighted by atomic mass is 32.2. The van der Waals surface area contributed by atoms with Crippen molar-refractivity contribution in [3.63, 3.8) is 0 Å². The number of hydrogen-bond acceptors (Lipinski definition) is 4. The van der Waals surface area contributed by atoms with E-state index in [-0.39, 0.29) is 12.3 Å². The van der Waals surface area contributed by atoms with E-state index in [4.69, 9.17) is 10.5 Å². The van der Waals surface area contributed by atoms with Gasteiger partial charge in [0.15, 0.2) is 0 Å². The predicted octanol–water partition coefficient (Wildman–Crippen LogP) is 1.28. The zero-order valence-corrected chi connectivity index (χ0v) is 11.7. The maximum atomic E-state index is 11.8. The van der Waals surface area contributed by atoms with E-state index < -0.39 is 10.0 Å². The fourth-order valence-corrected chi connectivity index (χ4v) is 2.63. The molecule has 0 unspecified atom stereocenters. The number of para-hydroxylation sites is 1. The maximum Gasteiger partial charge on any atom is 0.215 e. The smallest absolute Gasteiger partial charge is 0.215 e. The molecule has 0 aliphatic carbocycles. The molecule has 6 heteroatoms. The minimum Gasteiger partial charge on any atom is -0.398 e. The molecule has 1 rings (SSSR count). The van der Waals surface area contributed by atoms with Gasteiger partial charge in [0.25, 0.3) is 0 Å². The van der Waals surface area contributed by atoms with E-state index >= 15 is 0 Å². The summed E-state index contributed by atoms with van der Waals surface area (Å²) < 4.78 is 31.3. The predicted molar refractivity (Wildman–Crippen MR) is 77.1 cm³/mol. The van der Waals surface area contributed by atoms with Crippen LogP contribution in [-0.2, 0) is 20.5 Å². The number of nitrogens with two attached hydrogens (primary N) is 1. The highest BCUT2D eigenvalue weighted by Crippen LogP contribution is 2.13. The second kappa shape index (κ2) is 7.93. The summed E-state index contributed by atoms with van der Waals surface area (Å²) in [5.41, 5.74) is 6.79. The number of benzene rings is 1. The first-order valence-electron chi connectivity index (χ1n) is 6.04. The van der Waals surface area contributed by atoms with Gasteiger partial charge in [0, 0.05) is 12.2 Å². The normalized spacial score (nSPS) is 11.4. The quantitative estimate of drug-likeness (QED) is 0.406. The summed E-state index contributed by atoms with van der Waals surface area (Å²) in [6.45, 7) is 4.72. The Hall–Kier alpha value is -1.37. The van der Waals surface area contributed by atoms with Crippen LogP contribution in [0.1, 0.15) is 12.0 Å². The van der Waals surface area contributed by atoms with Crippen molar-refractivity contribution in [1.82, 2.24) is 4.72 Å². The first-order valence-corrected chi connectivity index (χ1v) is 7.70. The first kappa shape index (κ1) is 15.7. The molecule has 19 heavy (non-hydrogen) atoms. The van der Waals surface area contributed by atoms with Gasteiger partial charge in [-0.25, -0.2) is 13.1 Å². The van der Waals surface area contributed by atoms with Crippen LogP contribution in [0, 0.1) is 0 Å². The third kappa shape index (κ3) is 6.37. The number of anilines is 1. The summed E-state index contributed by atoms with van der Waals surface area (Å²) in [7, 11) is -3.38. The minimum absolute atomic E-state index is 0.119. The molecule has 0 saturated heterocycles. The molecular formula is C13H20N2O3S. The van der Waals surface area contributed by atoms with Crippen molar-refractivity contribution in [3.8, 4) is 0 Å². The molecule has 0 aliphatic heterocycles. The number of nitrogen functional groups attached to an aromatic ring is 1. The third-order valence-corrected chi connectivity index (χ3v) is 3.77. The van der Waals surface area contributed by atoms with Gasteiger partial charge in [-0.15, -0.1) is 6.58 Å². The Morgan fingerprint density at radius 1 is 1.32 bits per heavy atom. The van der Waals surface area contributed by atoms with Gasteiger partial charge in [0.2, 0.25) is 10.0 Å². The molecule has 0 fully saturated rings. The van der Waals surface area contributed by atoms with Gasteiger partial charge in [-0.1, -0.05) is 24.3 Å². The Morgan fingerprint density at radius 2 is 2.05 bits per heavy atom. The van der Waals surface area contributed by atoms with Crippen molar-refractivity contribution in [3.05, 3.63) is 42.5 Å². The minimum atomic E-state index is -3.38. The Balaban J connectivity index is 2.36. The van der Waals surface area contributed by atoms with Gasteiger partial charge in [-0.05, 0) is 18.1 Å². The monoisotopic (exact) mass is 284 g/mol. The first-order chi connectivity index (χ1) is 9.05. The molecule has 0 amide bonds. The van der Waals surface area contributed by atoms with Crippen LogP contribution in [0.5, 0.6) is 0 Å². The molecule has 0 spiro atoms. The van der Waals surface area contributed by atoms with Crippen LogP contribution in [0.15, 0.2) is 36.9 Å². The van der Waals surface area contributed by atoms with Crippen molar-refractivity contribution < 1.29 is 13.2 Å². The summed E-state index contributed by atoms with van der Waals surface area (Å²) in [6.07, 6.45) is 2.51. The van der Waals surface area contributed by atoms with Crippen LogP contribution >= 0.6 is 0 Å². The van der Waals surface area contributed by atoms with E-state index in [2.05, 4.69) is 11.3 Å². The van der Waals surface area contributed by atoms with Gasteiger partial charge in [-0.2, -0.15) is 0 Å². The average Bonchev–Trinajstić information content (AvgIpc) is 2.36. The van der Waals surface area contributed by atoms with Crippen LogP contribution in [0.2, 0.25) is 0 Å². The summed E-state index contributed by atoms with van der Waals surface area (Å²) >= 11 is 0. The number of sulfonamides is 1. The Kier molecular flexibility index (Phi) is 6.55. The molecule has 0 saturated carbocycles. The summed E-state index contributed by atoms with van der Waals surface area (Å²) in [5.74, 6) is -0.119. The number of nitrogens with one attached hydrogen (secondary N) is 1. The summed E-state index contributed by atoms with van der Waals surface area (Å²) in [4.78, 5) is 0. The molecule has 1 aromatic carbocycles. The molecule has 3 N–H and O–H groups in total. The van der Waals surface area contributed by atoms with Gasteiger partial charge in [0.1, 0.15) is 0 Å². The standard InChI is InChI=1S/C13H20N2O3S/c1-2-3-9-18-10-8-15-19(16,17)11-12-6-4-5-7-13(12)14/h2,4-7,15H,1,3,8-11,14H2. The van der Waals surface area contributed by atoms with Crippen molar-refractivity contribution in [2.75, 3.05) is 25.5 Å². The van der Waals surface area contributed by atoms with Crippen LogP contribution in [-0.4, -0.2) is 28.2 Å². The van der Waals surface area contributed by atoms with E-state index in [0.29, 0.717) is 24.5 Å². The summed E-state index contributed by atoms with van der Waals surface area (Å²) in [6, 6.07) is 6.92. The molecule has 106 valence electrons. The topological polar surface area (TPSA) is 81.4 Å². The van der Waals surface area contributed by atoms with E-state index in [9.17, 15) is 8.42 Å². The van der Waals surface area contributed by atoms with E-state index in [0.717, 1.165) is 6.42 Å². The number of rotatable bonds is 9.